The van der Waals surface area contributed by atoms with E-state index in [2.05, 4.69) is 19.2 Å². The van der Waals surface area contributed by atoms with Crippen LogP contribution in [0.4, 0.5) is 4.79 Å². The Labute approximate surface area is 151 Å². The zero-order chi connectivity index (χ0) is 18.2. The summed E-state index contributed by atoms with van der Waals surface area (Å²) in [5.41, 5.74) is 0.994. The number of urea groups is 1. The largest absolute Gasteiger partial charge is 0.493 e. The van der Waals surface area contributed by atoms with Crippen LogP contribution in [0.25, 0.3) is 0 Å². The number of carbonyl (C=O) groups excluding carboxylic acids is 1. The third-order valence-electron chi connectivity index (χ3n) is 4.92. The van der Waals surface area contributed by atoms with Gasteiger partial charge < -0.3 is 20.1 Å². The first-order valence-electron chi connectivity index (χ1n) is 9.33. The molecule has 2 amide bonds. The summed E-state index contributed by atoms with van der Waals surface area (Å²) in [5.74, 6) is 1.70. The average Bonchev–Trinajstić information content (AvgIpc) is 2.64. The second-order valence-electron chi connectivity index (χ2n) is 7.44. The molecule has 25 heavy (non-hydrogen) atoms. The molecule has 140 valence electrons. The Morgan fingerprint density at radius 3 is 2.60 bits per heavy atom. The van der Waals surface area contributed by atoms with Crippen LogP contribution in [0.3, 0.4) is 0 Å². The molecule has 2 N–H and O–H groups in total. The highest BCUT2D eigenvalue weighted by Crippen LogP contribution is 2.26. The van der Waals surface area contributed by atoms with Crippen molar-refractivity contribution in [3.63, 3.8) is 0 Å². The monoisotopic (exact) mass is 348 g/mol. The van der Waals surface area contributed by atoms with Crippen LogP contribution >= 0.6 is 0 Å². The maximum Gasteiger partial charge on any atom is 0.317 e. The fraction of sp³-hybridized carbons (Fsp3) is 0.650. The maximum absolute atomic E-state index is 12.5. The van der Waals surface area contributed by atoms with Crippen LogP contribution in [0.5, 0.6) is 5.75 Å². The van der Waals surface area contributed by atoms with E-state index in [1.165, 1.54) is 0 Å². The normalized spacial score (nSPS) is 20.4. The van der Waals surface area contributed by atoms with Crippen LogP contribution in [0, 0.1) is 11.8 Å². The van der Waals surface area contributed by atoms with Gasteiger partial charge in [-0.2, -0.15) is 0 Å². The molecule has 5 heteroatoms. The van der Waals surface area contributed by atoms with Gasteiger partial charge in [0.1, 0.15) is 5.75 Å². The van der Waals surface area contributed by atoms with E-state index in [0.717, 1.165) is 37.0 Å². The summed E-state index contributed by atoms with van der Waals surface area (Å²) in [6.45, 7) is 5.62. The quantitative estimate of drug-likeness (QED) is 0.794. The molecule has 0 atom stereocenters. The molecule has 1 aliphatic rings. The molecule has 0 bridgehead atoms. The molecule has 0 aromatic heterocycles. The minimum atomic E-state index is -0.0499. The Kier molecular flexibility index (Phi) is 7.56. The predicted octanol–water partition coefficient (Wildman–Crippen LogP) is 3.41. The maximum atomic E-state index is 12.5. The molecular weight excluding hydrogens is 316 g/mol. The average molecular weight is 348 g/mol. The SMILES string of the molecule is CC(C)COc1ccccc1CNC(=O)N(C)C1CCC(CO)CC1. The van der Waals surface area contributed by atoms with Crippen molar-refractivity contribution in [3.8, 4) is 5.75 Å². The van der Waals surface area contributed by atoms with Gasteiger partial charge in [0.2, 0.25) is 0 Å². The van der Waals surface area contributed by atoms with Gasteiger partial charge in [0.25, 0.3) is 0 Å². The second kappa shape index (κ2) is 9.66. The second-order valence-corrected chi connectivity index (χ2v) is 7.44. The third kappa shape index (κ3) is 5.92. The molecule has 0 unspecified atom stereocenters. The Hall–Kier alpha value is -1.75. The lowest BCUT2D eigenvalue weighted by atomic mass is 9.86. The number of nitrogens with one attached hydrogen (secondary N) is 1. The fourth-order valence-electron chi connectivity index (χ4n) is 3.22. The van der Waals surface area contributed by atoms with Gasteiger partial charge in [0.15, 0.2) is 0 Å². The zero-order valence-corrected chi connectivity index (χ0v) is 15.7. The summed E-state index contributed by atoms with van der Waals surface area (Å²) in [4.78, 5) is 14.3. The van der Waals surface area contributed by atoms with Crippen LogP contribution in [0.15, 0.2) is 24.3 Å². The molecule has 0 saturated heterocycles. The number of hydrogen-bond donors (Lipinski definition) is 2. The van der Waals surface area contributed by atoms with Crippen LogP contribution in [-0.2, 0) is 6.54 Å². The van der Waals surface area contributed by atoms with E-state index in [9.17, 15) is 9.90 Å². The van der Waals surface area contributed by atoms with Crippen molar-refractivity contribution in [2.45, 2.75) is 52.1 Å². The highest BCUT2D eigenvalue weighted by molar-refractivity contribution is 5.74. The van der Waals surface area contributed by atoms with E-state index in [0.29, 0.717) is 25.0 Å². The highest BCUT2D eigenvalue weighted by Gasteiger charge is 2.26. The van der Waals surface area contributed by atoms with Gasteiger partial charge >= 0.3 is 6.03 Å². The van der Waals surface area contributed by atoms with E-state index in [-0.39, 0.29) is 18.7 Å². The van der Waals surface area contributed by atoms with Crippen molar-refractivity contribution in [3.05, 3.63) is 29.8 Å². The van der Waals surface area contributed by atoms with E-state index in [4.69, 9.17) is 4.74 Å². The van der Waals surface area contributed by atoms with Crippen molar-refractivity contribution >= 4 is 6.03 Å². The fourth-order valence-corrected chi connectivity index (χ4v) is 3.22. The number of nitrogens with zero attached hydrogens (tertiary/aromatic N) is 1. The molecular formula is C20H32N2O3. The number of para-hydroxylation sites is 1. The Morgan fingerprint density at radius 1 is 1.28 bits per heavy atom. The number of amides is 2. The number of hydrogen-bond acceptors (Lipinski definition) is 3. The molecule has 0 spiro atoms. The Balaban J connectivity index is 1.85. The minimum absolute atomic E-state index is 0.0499. The van der Waals surface area contributed by atoms with Gasteiger partial charge in [-0.15, -0.1) is 0 Å². The number of aliphatic hydroxyl groups is 1. The van der Waals surface area contributed by atoms with E-state index in [1.54, 1.807) is 0 Å². The molecule has 1 saturated carbocycles. The van der Waals surface area contributed by atoms with E-state index < -0.39 is 0 Å². The standard InChI is InChI=1S/C20H32N2O3/c1-15(2)14-25-19-7-5-4-6-17(19)12-21-20(24)22(3)18-10-8-16(13-23)9-11-18/h4-7,15-16,18,23H,8-14H2,1-3H3,(H,21,24). The molecule has 1 aliphatic carbocycles. The number of rotatable bonds is 7. The molecule has 0 heterocycles. The molecule has 1 aromatic carbocycles. The summed E-state index contributed by atoms with van der Waals surface area (Å²) >= 11 is 0. The Bertz CT molecular complexity index is 539. The lowest BCUT2D eigenvalue weighted by Crippen LogP contribution is -2.45. The molecule has 1 aromatic rings. The lowest BCUT2D eigenvalue weighted by molar-refractivity contribution is 0.134. The van der Waals surface area contributed by atoms with E-state index in [1.807, 2.05) is 36.2 Å². The van der Waals surface area contributed by atoms with Crippen LogP contribution < -0.4 is 10.1 Å². The molecule has 0 radical (unpaired) electrons. The topological polar surface area (TPSA) is 61.8 Å². The first-order chi connectivity index (χ1) is 12.0. The van der Waals surface area contributed by atoms with Crippen LogP contribution in [0.1, 0.15) is 45.1 Å². The molecule has 1 fully saturated rings. The zero-order valence-electron chi connectivity index (χ0n) is 15.7. The first kappa shape index (κ1) is 19.6. The molecule has 5 nitrogen and oxygen atoms in total. The van der Waals surface area contributed by atoms with Crippen molar-refractivity contribution in [2.75, 3.05) is 20.3 Å². The lowest BCUT2D eigenvalue weighted by Gasteiger charge is -2.34. The first-order valence-corrected chi connectivity index (χ1v) is 9.33. The summed E-state index contributed by atoms with van der Waals surface area (Å²) < 4.78 is 5.84. The van der Waals surface area contributed by atoms with Gasteiger partial charge in [-0.05, 0) is 43.6 Å². The van der Waals surface area contributed by atoms with Gasteiger partial charge in [-0.3, -0.25) is 0 Å². The van der Waals surface area contributed by atoms with E-state index >= 15 is 0 Å². The van der Waals surface area contributed by atoms with Crippen molar-refractivity contribution < 1.29 is 14.6 Å². The summed E-state index contributed by atoms with van der Waals surface area (Å²) in [5, 5.41) is 12.2. The minimum Gasteiger partial charge on any atom is -0.493 e. The predicted molar refractivity (Wildman–Crippen MR) is 99.6 cm³/mol. The van der Waals surface area contributed by atoms with Gasteiger partial charge in [-0.1, -0.05) is 32.0 Å². The van der Waals surface area contributed by atoms with Crippen molar-refractivity contribution in [2.24, 2.45) is 11.8 Å². The van der Waals surface area contributed by atoms with Gasteiger partial charge in [0, 0.05) is 31.8 Å². The molecule has 0 aliphatic heterocycles. The third-order valence-corrected chi connectivity index (χ3v) is 4.92. The number of benzene rings is 1. The summed E-state index contributed by atoms with van der Waals surface area (Å²) in [6.07, 6.45) is 3.90. The number of ether oxygens (including phenoxy) is 1. The van der Waals surface area contributed by atoms with Crippen LogP contribution in [-0.4, -0.2) is 42.3 Å². The van der Waals surface area contributed by atoms with Gasteiger partial charge in [-0.25, -0.2) is 4.79 Å². The summed E-state index contributed by atoms with van der Waals surface area (Å²) in [6, 6.07) is 8.06. The van der Waals surface area contributed by atoms with Crippen LogP contribution in [0.2, 0.25) is 0 Å². The number of carbonyl (C=O) groups is 1. The smallest absolute Gasteiger partial charge is 0.317 e. The Morgan fingerprint density at radius 2 is 1.96 bits per heavy atom. The van der Waals surface area contributed by atoms with Crippen molar-refractivity contribution in [1.82, 2.24) is 10.2 Å². The summed E-state index contributed by atoms with van der Waals surface area (Å²) in [7, 11) is 1.86. The number of aliphatic hydroxyl groups excluding tert-OH is 1. The molecule has 2 rings (SSSR count). The van der Waals surface area contributed by atoms with Gasteiger partial charge in [0.05, 0.1) is 6.61 Å². The van der Waals surface area contributed by atoms with Crippen molar-refractivity contribution in [1.29, 1.82) is 0 Å². The highest BCUT2D eigenvalue weighted by atomic mass is 16.5.